The predicted molar refractivity (Wildman–Crippen MR) is 94.2 cm³/mol. The fourth-order valence-electron chi connectivity index (χ4n) is 3.10. The summed E-state index contributed by atoms with van der Waals surface area (Å²) in [6.45, 7) is 5.47. The van der Waals surface area contributed by atoms with E-state index in [1.54, 1.807) is 24.0 Å². The highest BCUT2D eigenvalue weighted by molar-refractivity contribution is 5.94. The van der Waals surface area contributed by atoms with Crippen LogP contribution in [0.15, 0.2) is 36.4 Å². The molecule has 1 aliphatic heterocycles. The molecule has 0 N–H and O–H groups in total. The Balaban J connectivity index is 1.60. The molecule has 1 atom stereocenters. The predicted octanol–water partition coefficient (Wildman–Crippen LogP) is 3.77. The van der Waals surface area contributed by atoms with E-state index < -0.39 is 0 Å². The molecule has 0 aliphatic carbocycles. The number of likely N-dealkylation sites (tertiary alicyclic amines) is 1. The van der Waals surface area contributed by atoms with Crippen LogP contribution in [-0.2, 0) is 0 Å². The van der Waals surface area contributed by atoms with Crippen molar-refractivity contribution in [3.63, 3.8) is 0 Å². The molecule has 3 rings (SSSR count). The van der Waals surface area contributed by atoms with Crippen molar-refractivity contribution >= 4 is 5.91 Å². The summed E-state index contributed by atoms with van der Waals surface area (Å²) in [7, 11) is 0. The number of aryl methyl sites for hydroxylation is 2. The van der Waals surface area contributed by atoms with Gasteiger partial charge in [0.2, 0.25) is 5.88 Å². The van der Waals surface area contributed by atoms with Crippen LogP contribution in [-0.4, -0.2) is 35.5 Å². The third-order valence-corrected chi connectivity index (χ3v) is 4.55. The molecule has 1 fully saturated rings. The van der Waals surface area contributed by atoms with Gasteiger partial charge in [0, 0.05) is 36.3 Å². The van der Waals surface area contributed by atoms with Crippen LogP contribution >= 0.6 is 0 Å². The second-order valence-corrected chi connectivity index (χ2v) is 6.65. The van der Waals surface area contributed by atoms with Gasteiger partial charge in [-0.2, -0.15) is 0 Å². The Bertz CT molecular complexity index is 763. The van der Waals surface area contributed by atoms with Crippen LogP contribution in [0, 0.1) is 25.6 Å². The van der Waals surface area contributed by atoms with Gasteiger partial charge >= 0.3 is 0 Å². The molecule has 0 radical (unpaired) electrons. The van der Waals surface area contributed by atoms with Crippen molar-refractivity contribution in [3.8, 4) is 5.88 Å². The third-order valence-electron chi connectivity index (χ3n) is 4.55. The fourth-order valence-corrected chi connectivity index (χ4v) is 3.10. The Labute approximate surface area is 147 Å². The lowest BCUT2D eigenvalue weighted by molar-refractivity contribution is 0.0630. The van der Waals surface area contributed by atoms with Gasteiger partial charge in [0.25, 0.3) is 5.91 Å². The van der Waals surface area contributed by atoms with Gasteiger partial charge in [0.05, 0.1) is 6.61 Å². The normalized spacial score (nSPS) is 17.4. The molecule has 1 unspecified atom stereocenters. The van der Waals surface area contributed by atoms with E-state index in [9.17, 15) is 9.18 Å². The number of halogens is 1. The number of pyridine rings is 1. The Kier molecular flexibility index (Phi) is 5.31. The van der Waals surface area contributed by atoms with Gasteiger partial charge in [-0.1, -0.05) is 12.1 Å². The van der Waals surface area contributed by atoms with Crippen molar-refractivity contribution in [1.82, 2.24) is 9.88 Å². The third kappa shape index (κ3) is 4.35. The van der Waals surface area contributed by atoms with E-state index in [1.165, 1.54) is 6.07 Å². The minimum atomic E-state index is -0.340. The van der Waals surface area contributed by atoms with Crippen LogP contribution in [0.2, 0.25) is 0 Å². The second kappa shape index (κ2) is 7.64. The first-order valence-corrected chi connectivity index (χ1v) is 8.65. The van der Waals surface area contributed by atoms with E-state index in [2.05, 4.69) is 4.98 Å². The molecule has 5 heteroatoms. The van der Waals surface area contributed by atoms with Crippen molar-refractivity contribution in [2.45, 2.75) is 26.7 Å². The first-order valence-electron chi connectivity index (χ1n) is 8.65. The molecule has 2 aromatic rings. The number of amides is 1. The molecule has 1 saturated heterocycles. The van der Waals surface area contributed by atoms with Crippen molar-refractivity contribution in [1.29, 1.82) is 0 Å². The van der Waals surface area contributed by atoms with Crippen molar-refractivity contribution in [3.05, 3.63) is 59.0 Å². The van der Waals surface area contributed by atoms with Crippen LogP contribution in [0.1, 0.15) is 34.5 Å². The number of hydrogen-bond acceptors (Lipinski definition) is 3. The van der Waals surface area contributed by atoms with Crippen LogP contribution in [0.3, 0.4) is 0 Å². The van der Waals surface area contributed by atoms with Crippen LogP contribution in [0.25, 0.3) is 0 Å². The number of piperidine rings is 1. The molecule has 1 aromatic heterocycles. The van der Waals surface area contributed by atoms with Gasteiger partial charge in [-0.25, -0.2) is 9.37 Å². The summed E-state index contributed by atoms with van der Waals surface area (Å²) < 4.78 is 19.5. The lowest BCUT2D eigenvalue weighted by atomic mass is 9.98. The first-order chi connectivity index (χ1) is 12.0. The van der Waals surface area contributed by atoms with Crippen molar-refractivity contribution < 1.29 is 13.9 Å². The molecule has 0 bridgehead atoms. The minimum absolute atomic E-state index is 0.114. The Hall–Kier alpha value is -2.43. The highest BCUT2D eigenvalue weighted by Gasteiger charge is 2.25. The van der Waals surface area contributed by atoms with Gasteiger partial charge in [-0.15, -0.1) is 0 Å². The Morgan fingerprint density at radius 1 is 1.32 bits per heavy atom. The van der Waals surface area contributed by atoms with E-state index in [4.69, 9.17) is 4.74 Å². The summed E-state index contributed by atoms with van der Waals surface area (Å²) in [6.07, 6.45) is 1.94. The second-order valence-electron chi connectivity index (χ2n) is 6.65. The average Bonchev–Trinajstić information content (AvgIpc) is 2.62. The molecule has 0 spiro atoms. The van der Waals surface area contributed by atoms with Crippen molar-refractivity contribution in [2.24, 2.45) is 5.92 Å². The van der Waals surface area contributed by atoms with E-state index >= 15 is 0 Å². The zero-order valence-corrected chi connectivity index (χ0v) is 14.7. The average molecular weight is 342 g/mol. The largest absolute Gasteiger partial charge is 0.477 e. The highest BCUT2D eigenvalue weighted by Crippen LogP contribution is 2.21. The maximum Gasteiger partial charge on any atom is 0.253 e. The number of benzene rings is 1. The van der Waals surface area contributed by atoms with Crippen molar-refractivity contribution in [2.75, 3.05) is 19.7 Å². The molecule has 1 amide bonds. The molecular weight excluding hydrogens is 319 g/mol. The first kappa shape index (κ1) is 17.4. The monoisotopic (exact) mass is 342 g/mol. The maximum absolute atomic E-state index is 13.7. The number of nitrogens with zero attached hydrogens (tertiary/aromatic N) is 2. The summed E-state index contributed by atoms with van der Waals surface area (Å²) in [4.78, 5) is 18.8. The SMILES string of the molecule is Cc1cccc(OCC2CCCN(C(=O)c3ccc(C)c(F)c3)C2)n1. The molecule has 1 aromatic carbocycles. The maximum atomic E-state index is 13.7. The molecule has 0 saturated carbocycles. The van der Waals surface area contributed by atoms with Gasteiger partial charge in [-0.05, 0) is 50.5 Å². The lowest BCUT2D eigenvalue weighted by Gasteiger charge is -2.32. The van der Waals surface area contributed by atoms with Crippen LogP contribution < -0.4 is 4.74 Å². The number of carbonyl (C=O) groups is 1. The topological polar surface area (TPSA) is 42.4 Å². The highest BCUT2D eigenvalue weighted by atomic mass is 19.1. The number of carbonyl (C=O) groups excluding carboxylic acids is 1. The zero-order chi connectivity index (χ0) is 17.8. The molecular formula is C20H23FN2O2. The Morgan fingerprint density at radius 2 is 2.16 bits per heavy atom. The molecule has 2 heterocycles. The van der Waals surface area contributed by atoms with Crippen LogP contribution in [0.5, 0.6) is 5.88 Å². The minimum Gasteiger partial charge on any atom is -0.477 e. The molecule has 132 valence electrons. The lowest BCUT2D eigenvalue weighted by Crippen LogP contribution is -2.41. The van der Waals surface area contributed by atoms with Gasteiger partial charge in [0.1, 0.15) is 5.82 Å². The van der Waals surface area contributed by atoms with E-state index in [-0.39, 0.29) is 17.6 Å². The van der Waals surface area contributed by atoms with Gasteiger partial charge in [0.15, 0.2) is 0 Å². The van der Waals surface area contributed by atoms with Crippen LogP contribution in [0.4, 0.5) is 4.39 Å². The van der Waals surface area contributed by atoms with E-state index in [0.29, 0.717) is 36.7 Å². The quantitative estimate of drug-likeness (QED) is 0.849. The van der Waals surface area contributed by atoms with Gasteiger partial charge < -0.3 is 9.64 Å². The summed E-state index contributed by atoms with van der Waals surface area (Å²) in [5, 5.41) is 0. The van der Waals surface area contributed by atoms with E-state index in [1.807, 2.05) is 25.1 Å². The zero-order valence-electron chi connectivity index (χ0n) is 14.7. The molecule has 1 aliphatic rings. The Morgan fingerprint density at radius 3 is 2.92 bits per heavy atom. The summed E-state index contributed by atoms with van der Waals surface area (Å²) in [6, 6.07) is 10.4. The molecule has 4 nitrogen and oxygen atoms in total. The number of hydrogen-bond donors (Lipinski definition) is 0. The smallest absolute Gasteiger partial charge is 0.253 e. The summed E-state index contributed by atoms with van der Waals surface area (Å²) in [5.41, 5.74) is 1.87. The number of rotatable bonds is 4. The fraction of sp³-hybridized carbons (Fsp3) is 0.400. The number of ether oxygens (including phenoxy) is 1. The number of aromatic nitrogens is 1. The summed E-state index contributed by atoms with van der Waals surface area (Å²) in [5.74, 6) is 0.421. The standard InChI is InChI=1S/C20H23FN2O2/c1-14-8-9-17(11-18(14)21)20(24)23-10-4-6-16(12-23)13-25-19-7-3-5-15(2)22-19/h3,5,7-9,11,16H,4,6,10,12-13H2,1-2H3. The summed E-state index contributed by atoms with van der Waals surface area (Å²) >= 11 is 0. The van der Waals surface area contributed by atoms with Gasteiger partial charge in [-0.3, -0.25) is 4.79 Å². The molecule has 25 heavy (non-hydrogen) atoms. The van der Waals surface area contributed by atoms with E-state index in [0.717, 1.165) is 18.5 Å².